The van der Waals surface area contributed by atoms with E-state index in [-0.39, 0.29) is 12.5 Å². The second-order valence-corrected chi connectivity index (χ2v) is 3.88. The molecule has 0 saturated heterocycles. The normalized spacial score (nSPS) is 12.9. The van der Waals surface area contributed by atoms with Gasteiger partial charge >= 0.3 is 0 Å². The molecule has 1 atom stereocenters. The highest BCUT2D eigenvalue weighted by molar-refractivity contribution is 5.32. The van der Waals surface area contributed by atoms with Crippen LogP contribution in [0.4, 0.5) is 0 Å². The van der Waals surface area contributed by atoms with E-state index in [2.05, 4.69) is 39.0 Å². The number of hydrogen-bond acceptors (Lipinski definition) is 1. The quantitative estimate of drug-likeness (QED) is 0.776. The summed E-state index contributed by atoms with van der Waals surface area (Å²) in [4.78, 5) is 0. The van der Waals surface area contributed by atoms with E-state index >= 15 is 0 Å². The summed E-state index contributed by atoms with van der Waals surface area (Å²) in [5.41, 5.74) is 3.76. The maximum Gasteiger partial charge on any atom is 0.0499 e. The topological polar surface area (TPSA) is 20.2 Å². The predicted molar refractivity (Wildman–Crippen MR) is 60.4 cm³/mol. The summed E-state index contributed by atoms with van der Waals surface area (Å²) in [5.74, 6) is 0.00510. The fourth-order valence-corrected chi connectivity index (χ4v) is 1.67. The van der Waals surface area contributed by atoms with Crippen molar-refractivity contribution in [3.05, 3.63) is 41.8 Å². The first-order valence-corrected chi connectivity index (χ1v) is 5.21. The van der Waals surface area contributed by atoms with Crippen molar-refractivity contribution >= 4 is 0 Å². The minimum absolute atomic E-state index is 0.00510. The van der Waals surface area contributed by atoms with E-state index in [9.17, 15) is 0 Å². The van der Waals surface area contributed by atoms with E-state index in [1.165, 1.54) is 11.1 Å². The number of hydrogen-bond donors (Lipinski definition) is 1. The van der Waals surface area contributed by atoms with E-state index in [0.717, 1.165) is 18.4 Å². The van der Waals surface area contributed by atoms with Crippen LogP contribution in [-0.4, -0.2) is 11.7 Å². The van der Waals surface area contributed by atoms with E-state index in [0.29, 0.717) is 0 Å². The van der Waals surface area contributed by atoms with Crippen LogP contribution in [-0.2, 0) is 6.42 Å². The summed E-state index contributed by atoms with van der Waals surface area (Å²) in [7, 11) is 0. The average Bonchev–Trinajstić information content (AvgIpc) is 2.16. The number of benzene rings is 1. The van der Waals surface area contributed by atoms with Crippen LogP contribution in [0.25, 0.3) is 0 Å². The van der Waals surface area contributed by atoms with Crippen molar-refractivity contribution in [3.8, 4) is 0 Å². The maximum absolute atomic E-state index is 9.04. The van der Waals surface area contributed by atoms with Crippen LogP contribution < -0.4 is 0 Å². The molecule has 1 radical (unpaired) electrons. The fraction of sp³-hybridized carbons (Fsp3) is 0.462. The molecule has 0 bridgehead atoms. The molecule has 1 N–H and O–H groups in total. The summed E-state index contributed by atoms with van der Waals surface area (Å²) in [6, 6.07) is 6.47. The van der Waals surface area contributed by atoms with Gasteiger partial charge in [-0.1, -0.05) is 37.1 Å². The van der Waals surface area contributed by atoms with Gasteiger partial charge in [0.25, 0.3) is 0 Å². The lowest BCUT2D eigenvalue weighted by Crippen LogP contribution is -2.01. The molecule has 1 heteroatoms. The van der Waals surface area contributed by atoms with E-state index < -0.39 is 0 Å². The SMILES string of the molecule is [CH2]C(CO)c1cc(C)cc(CCC)c1. The number of aryl methyl sites for hydroxylation is 2. The molecule has 0 aromatic heterocycles. The minimum Gasteiger partial charge on any atom is -0.396 e. The molecule has 0 saturated carbocycles. The summed E-state index contributed by atoms with van der Waals surface area (Å²) in [5, 5.41) is 9.04. The smallest absolute Gasteiger partial charge is 0.0499 e. The second kappa shape index (κ2) is 5.16. The molecule has 0 fully saturated rings. The molecule has 77 valence electrons. The molecule has 1 aromatic rings. The molecule has 14 heavy (non-hydrogen) atoms. The Hall–Kier alpha value is -0.820. The van der Waals surface area contributed by atoms with Crippen LogP contribution >= 0.6 is 0 Å². The van der Waals surface area contributed by atoms with Gasteiger partial charge in [0.2, 0.25) is 0 Å². The van der Waals surface area contributed by atoms with Crippen molar-refractivity contribution in [3.63, 3.8) is 0 Å². The van der Waals surface area contributed by atoms with Crippen LogP contribution in [0.5, 0.6) is 0 Å². The third kappa shape index (κ3) is 2.85. The van der Waals surface area contributed by atoms with Gasteiger partial charge in [-0.05, 0) is 31.4 Å². The number of aliphatic hydroxyl groups excluding tert-OH is 1. The van der Waals surface area contributed by atoms with Gasteiger partial charge in [0, 0.05) is 12.5 Å². The molecular weight excluding hydrogens is 172 g/mol. The van der Waals surface area contributed by atoms with E-state index in [1.54, 1.807) is 0 Å². The zero-order chi connectivity index (χ0) is 10.6. The summed E-state index contributed by atoms with van der Waals surface area (Å²) >= 11 is 0. The predicted octanol–water partition coefficient (Wildman–Crippen LogP) is 2.86. The van der Waals surface area contributed by atoms with Crippen LogP contribution in [0, 0.1) is 13.8 Å². The minimum atomic E-state index is 0.00510. The second-order valence-electron chi connectivity index (χ2n) is 3.88. The molecule has 1 rings (SSSR count). The molecule has 0 spiro atoms. The third-order valence-electron chi connectivity index (χ3n) is 2.39. The number of aliphatic hydroxyl groups is 1. The van der Waals surface area contributed by atoms with Gasteiger partial charge in [0.05, 0.1) is 0 Å². The Morgan fingerprint density at radius 2 is 2.07 bits per heavy atom. The molecule has 0 aliphatic carbocycles. The van der Waals surface area contributed by atoms with Crippen molar-refractivity contribution in [1.29, 1.82) is 0 Å². The van der Waals surface area contributed by atoms with Gasteiger partial charge in [-0.25, -0.2) is 0 Å². The zero-order valence-corrected chi connectivity index (χ0v) is 9.09. The Kier molecular flexibility index (Phi) is 4.15. The molecule has 0 aliphatic heterocycles. The summed E-state index contributed by atoms with van der Waals surface area (Å²) < 4.78 is 0. The van der Waals surface area contributed by atoms with Crippen LogP contribution in [0.1, 0.15) is 36.0 Å². The van der Waals surface area contributed by atoms with Crippen molar-refractivity contribution < 1.29 is 5.11 Å². The van der Waals surface area contributed by atoms with Crippen molar-refractivity contribution in [2.75, 3.05) is 6.61 Å². The monoisotopic (exact) mass is 191 g/mol. The van der Waals surface area contributed by atoms with Crippen LogP contribution in [0.3, 0.4) is 0 Å². The lowest BCUT2D eigenvalue weighted by atomic mass is 9.96. The van der Waals surface area contributed by atoms with E-state index in [4.69, 9.17) is 5.11 Å². The van der Waals surface area contributed by atoms with Gasteiger partial charge in [-0.3, -0.25) is 0 Å². The Balaban J connectivity index is 2.94. The first kappa shape index (κ1) is 11.3. The van der Waals surface area contributed by atoms with E-state index in [1.807, 2.05) is 0 Å². The third-order valence-corrected chi connectivity index (χ3v) is 2.39. The highest BCUT2D eigenvalue weighted by Gasteiger charge is 2.05. The Labute approximate surface area is 86.8 Å². The number of rotatable bonds is 4. The first-order valence-electron chi connectivity index (χ1n) is 5.21. The van der Waals surface area contributed by atoms with Gasteiger partial charge in [0.15, 0.2) is 0 Å². The maximum atomic E-state index is 9.04. The van der Waals surface area contributed by atoms with Gasteiger partial charge in [-0.2, -0.15) is 0 Å². The highest BCUT2D eigenvalue weighted by Crippen LogP contribution is 2.18. The van der Waals surface area contributed by atoms with Crippen LogP contribution in [0.15, 0.2) is 18.2 Å². The molecule has 0 aliphatic rings. The summed E-state index contributed by atoms with van der Waals surface area (Å²) in [6.07, 6.45) is 2.26. The largest absolute Gasteiger partial charge is 0.396 e. The Morgan fingerprint density at radius 1 is 1.36 bits per heavy atom. The lowest BCUT2D eigenvalue weighted by molar-refractivity contribution is 0.282. The van der Waals surface area contributed by atoms with Crippen molar-refractivity contribution in [2.24, 2.45) is 0 Å². The van der Waals surface area contributed by atoms with Gasteiger partial charge in [0.1, 0.15) is 0 Å². The highest BCUT2D eigenvalue weighted by atomic mass is 16.3. The van der Waals surface area contributed by atoms with Crippen molar-refractivity contribution in [1.82, 2.24) is 0 Å². The standard InChI is InChI=1S/C13H19O/c1-4-5-12-6-10(2)7-13(8-12)11(3)9-14/h6-8,11,14H,3-5,9H2,1-2H3. The molecule has 0 heterocycles. The average molecular weight is 191 g/mol. The first-order chi connectivity index (χ1) is 6.67. The van der Waals surface area contributed by atoms with Gasteiger partial charge < -0.3 is 5.11 Å². The Bertz CT molecular complexity index is 291. The molecule has 0 amide bonds. The zero-order valence-electron chi connectivity index (χ0n) is 9.09. The lowest BCUT2D eigenvalue weighted by Gasteiger charge is -2.11. The molecule has 1 unspecified atom stereocenters. The van der Waals surface area contributed by atoms with Crippen LogP contribution in [0.2, 0.25) is 0 Å². The Morgan fingerprint density at radius 3 is 2.64 bits per heavy atom. The summed E-state index contributed by atoms with van der Waals surface area (Å²) in [6.45, 7) is 8.31. The molecule has 1 aromatic carbocycles. The fourth-order valence-electron chi connectivity index (χ4n) is 1.67. The molecule has 1 nitrogen and oxygen atoms in total. The van der Waals surface area contributed by atoms with Crippen molar-refractivity contribution in [2.45, 2.75) is 32.6 Å². The molecular formula is C13H19O. The van der Waals surface area contributed by atoms with Gasteiger partial charge in [-0.15, -0.1) is 0 Å².